The molecule has 4 heteroatoms. The summed E-state index contributed by atoms with van der Waals surface area (Å²) in [6.07, 6.45) is 0. The fourth-order valence-corrected chi connectivity index (χ4v) is 2.89. The van der Waals surface area contributed by atoms with Crippen molar-refractivity contribution in [3.63, 3.8) is 0 Å². The van der Waals surface area contributed by atoms with Crippen LogP contribution in [0.5, 0.6) is 5.75 Å². The quantitative estimate of drug-likeness (QED) is 0.692. The summed E-state index contributed by atoms with van der Waals surface area (Å²) in [5.74, 6) is 0.710. The van der Waals surface area contributed by atoms with Crippen LogP contribution in [0.1, 0.15) is 21.6 Å². The smallest absolute Gasteiger partial charge is 0.262 e. The average molecular weight is 314 g/mol. The molecule has 0 spiro atoms. The lowest BCUT2D eigenvalue weighted by molar-refractivity contribution is 0.0963. The minimum Gasteiger partial charge on any atom is -0.496 e. The number of hydrogen-bond donors (Lipinski definition) is 0. The van der Waals surface area contributed by atoms with E-state index in [9.17, 15) is 4.79 Å². The molecule has 0 aliphatic carbocycles. The Hall–Kier alpha value is -2.26. The Labute approximate surface area is 134 Å². The number of ether oxygens (including phenoxy) is 1. The van der Waals surface area contributed by atoms with E-state index >= 15 is 0 Å². The van der Waals surface area contributed by atoms with Crippen LogP contribution in [0.4, 0.5) is 0 Å². The monoisotopic (exact) mass is 313 g/mol. The van der Waals surface area contributed by atoms with Gasteiger partial charge < -0.3 is 4.74 Å². The summed E-state index contributed by atoms with van der Waals surface area (Å²) < 4.78 is 7.17. The first-order chi connectivity index (χ1) is 10.5. The molecular weight excluding hydrogens is 298 g/mol. The number of methoxy groups -OCH3 is 1. The van der Waals surface area contributed by atoms with Crippen LogP contribution >= 0.6 is 11.6 Å². The van der Waals surface area contributed by atoms with Crippen LogP contribution in [0, 0.1) is 13.8 Å². The number of aromatic nitrogens is 1. The van der Waals surface area contributed by atoms with Gasteiger partial charge in [-0.25, -0.2) is 0 Å². The summed E-state index contributed by atoms with van der Waals surface area (Å²) in [5, 5.41) is 1.59. The van der Waals surface area contributed by atoms with Gasteiger partial charge in [0.1, 0.15) is 5.75 Å². The molecule has 3 rings (SSSR count). The van der Waals surface area contributed by atoms with E-state index in [4.69, 9.17) is 16.3 Å². The SMILES string of the molecule is COc1cccc2c1c(C)c(C)n2C(=O)c1ccc(Cl)cc1. The lowest BCUT2D eigenvalue weighted by Gasteiger charge is -2.08. The van der Waals surface area contributed by atoms with Crippen LogP contribution < -0.4 is 4.74 Å². The van der Waals surface area contributed by atoms with Gasteiger partial charge in [-0.2, -0.15) is 0 Å². The van der Waals surface area contributed by atoms with Gasteiger partial charge in [0, 0.05) is 21.7 Å². The second-order valence-electron chi connectivity index (χ2n) is 5.21. The molecule has 0 amide bonds. The Morgan fingerprint density at radius 1 is 1.09 bits per heavy atom. The number of halogens is 1. The molecule has 0 aliphatic heterocycles. The molecule has 3 aromatic rings. The molecule has 0 unspecified atom stereocenters. The normalized spacial score (nSPS) is 10.9. The van der Waals surface area contributed by atoms with E-state index in [1.165, 1.54) is 0 Å². The predicted octanol–water partition coefficient (Wildman–Crippen LogP) is 4.61. The molecular formula is C18H16ClNO2. The molecule has 2 aromatic carbocycles. The number of rotatable bonds is 2. The minimum atomic E-state index is -0.0690. The number of hydrogen-bond acceptors (Lipinski definition) is 2. The lowest BCUT2D eigenvalue weighted by Crippen LogP contribution is -2.13. The molecule has 0 saturated heterocycles. The van der Waals surface area contributed by atoms with Crippen LogP contribution in [-0.2, 0) is 0 Å². The zero-order valence-electron chi connectivity index (χ0n) is 12.7. The maximum Gasteiger partial charge on any atom is 0.262 e. The standard InChI is InChI=1S/C18H16ClNO2/c1-11-12(2)20(15-5-4-6-16(22-3)17(11)15)18(21)13-7-9-14(19)10-8-13/h4-10H,1-3H3. The van der Waals surface area contributed by atoms with Gasteiger partial charge in [-0.05, 0) is 55.8 Å². The Morgan fingerprint density at radius 2 is 1.77 bits per heavy atom. The topological polar surface area (TPSA) is 31.2 Å². The third kappa shape index (κ3) is 2.18. The highest BCUT2D eigenvalue weighted by Gasteiger charge is 2.19. The zero-order chi connectivity index (χ0) is 15.9. The summed E-state index contributed by atoms with van der Waals surface area (Å²) in [5.41, 5.74) is 3.43. The summed E-state index contributed by atoms with van der Waals surface area (Å²) in [7, 11) is 1.64. The van der Waals surface area contributed by atoms with E-state index in [0.717, 1.165) is 27.9 Å². The molecule has 22 heavy (non-hydrogen) atoms. The van der Waals surface area contributed by atoms with E-state index in [1.807, 2.05) is 32.0 Å². The predicted molar refractivity (Wildman–Crippen MR) is 89.1 cm³/mol. The molecule has 0 saturated carbocycles. The number of aryl methyl sites for hydroxylation is 1. The molecule has 0 N–H and O–H groups in total. The van der Waals surface area contributed by atoms with Gasteiger partial charge >= 0.3 is 0 Å². The molecule has 1 heterocycles. The van der Waals surface area contributed by atoms with Crippen LogP contribution in [0.25, 0.3) is 10.9 Å². The number of nitrogens with zero attached hydrogens (tertiary/aromatic N) is 1. The van der Waals surface area contributed by atoms with Crippen LogP contribution in [0.15, 0.2) is 42.5 Å². The average Bonchev–Trinajstić information content (AvgIpc) is 2.79. The number of benzene rings is 2. The van der Waals surface area contributed by atoms with Crippen molar-refractivity contribution in [2.75, 3.05) is 7.11 Å². The van der Waals surface area contributed by atoms with E-state index in [2.05, 4.69) is 0 Å². The van der Waals surface area contributed by atoms with E-state index in [-0.39, 0.29) is 5.91 Å². The van der Waals surface area contributed by atoms with Gasteiger partial charge in [0.15, 0.2) is 0 Å². The van der Waals surface area contributed by atoms with Crippen molar-refractivity contribution in [3.8, 4) is 5.75 Å². The third-order valence-electron chi connectivity index (χ3n) is 4.01. The first-order valence-electron chi connectivity index (χ1n) is 6.99. The van der Waals surface area contributed by atoms with Gasteiger partial charge in [0.2, 0.25) is 0 Å². The van der Waals surface area contributed by atoms with Gasteiger partial charge in [-0.15, -0.1) is 0 Å². The highest BCUT2D eigenvalue weighted by molar-refractivity contribution is 6.30. The van der Waals surface area contributed by atoms with Crippen LogP contribution in [0.3, 0.4) is 0 Å². The molecule has 0 fully saturated rings. The molecule has 0 atom stereocenters. The highest BCUT2D eigenvalue weighted by Crippen LogP contribution is 2.33. The van der Waals surface area contributed by atoms with E-state index in [1.54, 1.807) is 35.9 Å². The second kappa shape index (κ2) is 5.50. The number of carbonyl (C=O) groups is 1. The Balaban J connectivity index is 2.25. The Kier molecular flexibility index (Phi) is 3.67. The van der Waals surface area contributed by atoms with Crippen molar-refractivity contribution >= 4 is 28.4 Å². The van der Waals surface area contributed by atoms with Gasteiger partial charge in [0.05, 0.1) is 12.6 Å². The lowest BCUT2D eigenvalue weighted by atomic mass is 10.1. The Bertz CT molecular complexity index is 863. The molecule has 0 aliphatic rings. The zero-order valence-corrected chi connectivity index (χ0v) is 13.4. The minimum absolute atomic E-state index is 0.0690. The van der Waals surface area contributed by atoms with Gasteiger partial charge in [-0.1, -0.05) is 17.7 Å². The largest absolute Gasteiger partial charge is 0.496 e. The number of fused-ring (bicyclic) bond motifs is 1. The van der Waals surface area contributed by atoms with Crippen molar-refractivity contribution in [1.29, 1.82) is 0 Å². The van der Waals surface area contributed by atoms with E-state index < -0.39 is 0 Å². The molecule has 112 valence electrons. The third-order valence-corrected chi connectivity index (χ3v) is 4.26. The van der Waals surface area contributed by atoms with Crippen molar-refractivity contribution in [2.24, 2.45) is 0 Å². The number of carbonyl (C=O) groups excluding carboxylic acids is 1. The molecule has 0 radical (unpaired) electrons. The summed E-state index contributed by atoms with van der Waals surface area (Å²) >= 11 is 5.90. The maximum atomic E-state index is 12.9. The maximum absolute atomic E-state index is 12.9. The fourth-order valence-electron chi connectivity index (χ4n) is 2.77. The highest BCUT2D eigenvalue weighted by atomic mass is 35.5. The molecule has 3 nitrogen and oxygen atoms in total. The van der Waals surface area contributed by atoms with E-state index in [0.29, 0.717) is 10.6 Å². The van der Waals surface area contributed by atoms with Crippen molar-refractivity contribution in [1.82, 2.24) is 4.57 Å². The van der Waals surface area contributed by atoms with Crippen molar-refractivity contribution < 1.29 is 9.53 Å². The van der Waals surface area contributed by atoms with Gasteiger partial charge in [0.25, 0.3) is 5.91 Å². The van der Waals surface area contributed by atoms with Crippen molar-refractivity contribution in [2.45, 2.75) is 13.8 Å². The Morgan fingerprint density at radius 3 is 2.41 bits per heavy atom. The van der Waals surface area contributed by atoms with Gasteiger partial charge in [-0.3, -0.25) is 9.36 Å². The second-order valence-corrected chi connectivity index (χ2v) is 5.65. The molecule has 0 bridgehead atoms. The van der Waals surface area contributed by atoms with Crippen LogP contribution in [-0.4, -0.2) is 17.6 Å². The molecule has 1 aromatic heterocycles. The fraction of sp³-hybridized carbons (Fsp3) is 0.167. The summed E-state index contributed by atoms with van der Waals surface area (Å²) in [6.45, 7) is 3.95. The summed E-state index contributed by atoms with van der Waals surface area (Å²) in [4.78, 5) is 12.9. The first-order valence-corrected chi connectivity index (χ1v) is 7.37. The first kappa shape index (κ1) is 14.7. The van der Waals surface area contributed by atoms with Crippen molar-refractivity contribution in [3.05, 3.63) is 64.3 Å². The summed E-state index contributed by atoms with van der Waals surface area (Å²) in [6, 6.07) is 12.7. The van der Waals surface area contributed by atoms with Crippen LogP contribution in [0.2, 0.25) is 5.02 Å².